The molecule has 0 aliphatic rings. The van der Waals surface area contributed by atoms with Crippen molar-refractivity contribution in [1.29, 1.82) is 0 Å². The number of aromatic nitrogens is 1. The van der Waals surface area contributed by atoms with Crippen LogP contribution in [0.1, 0.15) is 6.42 Å². The minimum Gasteiger partial charge on any atom is -0.315 e. The first-order chi connectivity index (χ1) is 9.09. The van der Waals surface area contributed by atoms with Crippen LogP contribution in [-0.2, 0) is 16.6 Å². The van der Waals surface area contributed by atoms with Crippen molar-refractivity contribution in [2.45, 2.75) is 17.2 Å². The minimum atomic E-state index is -3.40. The molecule has 1 N–H and O–H groups in total. The first kappa shape index (κ1) is 14.0. The summed E-state index contributed by atoms with van der Waals surface area (Å²) in [6.07, 6.45) is 2.25. The van der Waals surface area contributed by atoms with Gasteiger partial charge in [0.1, 0.15) is 4.21 Å². The fourth-order valence-electron chi connectivity index (χ4n) is 1.59. The summed E-state index contributed by atoms with van der Waals surface area (Å²) in [5, 5.41) is 1.72. The molecule has 0 radical (unpaired) electrons. The van der Waals surface area contributed by atoms with Gasteiger partial charge in [-0.3, -0.25) is 4.79 Å². The molecular weight excluding hydrogens is 284 g/mol. The molecule has 19 heavy (non-hydrogen) atoms. The average molecular weight is 298 g/mol. The predicted molar refractivity (Wildman–Crippen MR) is 74.8 cm³/mol. The van der Waals surface area contributed by atoms with Crippen LogP contribution in [-0.4, -0.2) is 19.5 Å². The predicted octanol–water partition coefficient (Wildman–Crippen LogP) is 1.28. The van der Waals surface area contributed by atoms with Gasteiger partial charge in [0, 0.05) is 25.4 Å². The molecule has 0 bridgehead atoms. The van der Waals surface area contributed by atoms with Crippen LogP contribution in [0.25, 0.3) is 0 Å². The lowest BCUT2D eigenvalue weighted by atomic mass is 10.4. The number of aryl methyl sites for hydroxylation is 1. The summed E-state index contributed by atoms with van der Waals surface area (Å²) in [6, 6.07) is 8.20. The van der Waals surface area contributed by atoms with Crippen LogP contribution in [0.15, 0.2) is 50.9 Å². The van der Waals surface area contributed by atoms with Crippen molar-refractivity contribution in [3.05, 3.63) is 52.3 Å². The van der Waals surface area contributed by atoms with E-state index in [2.05, 4.69) is 4.72 Å². The van der Waals surface area contributed by atoms with Crippen LogP contribution in [0.3, 0.4) is 0 Å². The van der Waals surface area contributed by atoms with Gasteiger partial charge in [-0.15, -0.1) is 11.3 Å². The molecule has 0 spiro atoms. The summed E-state index contributed by atoms with van der Waals surface area (Å²) in [5.41, 5.74) is -0.0800. The first-order valence-corrected chi connectivity index (χ1v) is 8.14. The highest BCUT2D eigenvalue weighted by atomic mass is 32.2. The van der Waals surface area contributed by atoms with Gasteiger partial charge in [0.05, 0.1) is 0 Å². The maximum absolute atomic E-state index is 11.8. The van der Waals surface area contributed by atoms with Gasteiger partial charge in [0.15, 0.2) is 0 Å². The van der Waals surface area contributed by atoms with Crippen LogP contribution in [0.2, 0.25) is 0 Å². The van der Waals surface area contributed by atoms with E-state index in [1.807, 2.05) is 0 Å². The van der Waals surface area contributed by atoms with Crippen LogP contribution in [0.5, 0.6) is 0 Å². The fourth-order valence-corrected chi connectivity index (χ4v) is 3.70. The number of nitrogens with one attached hydrogen (secondary N) is 1. The van der Waals surface area contributed by atoms with Gasteiger partial charge in [0.25, 0.3) is 0 Å². The number of pyridine rings is 1. The topological polar surface area (TPSA) is 68.2 Å². The Morgan fingerprint density at radius 1 is 1.21 bits per heavy atom. The lowest BCUT2D eigenvalue weighted by molar-refractivity contribution is 0.568. The largest absolute Gasteiger partial charge is 0.315 e. The Bertz CT molecular complexity index is 675. The van der Waals surface area contributed by atoms with E-state index < -0.39 is 10.0 Å². The van der Waals surface area contributed by atoms with E-state index in [1.165, 1.54) is 17.4 Å². The molecule has 0 saturated carbocycles. The summed E-state index contributed by atoms with van der Waals surface area (Å²) < 4.78 is 28.0. The van der Waals surface area contributed by atoms with Gasteiger partial charge >= 0.3 is 0 Å². The molecule has 2 aromatic rings. The molecule has 102 valence electrons. The molecular formula is C12H14N2O3S2. The maximum Gasteiger partial charge on any atom is 0.250 e. The SMILES string of the molecule is O=c1ccccn1CCCNS(=O)(=O)c1cccs1. The van der Waals surface area contributed by atoms with Crippen LogP contribution in [0, 0.1) is 0 Å². The van der Waals surface area contributed by atoms with Crippen molar-refractivity contribution in [3.63, 3.8) is 0 Å². The average Bonchev–Trinajstić information content (AvgIpc) is 2.91. The number of thiophene rings is 1. The fraction of sp³-hybridized carbons (Fsp3) is 0.250. The van der Waals surface area contributed by atoms with Gasteiger partial charge in [0.2, 0.25) is 15.6 Å². The van der Waals surface area contributed by atoms with E-state index in [1.54, 1.807) is 40.4 Å². The zero-order chi connectivity index (χ0) is 13.7. The van der Waals surface area contributed by atoms with E-state index in [-0.39, 0.29) is 5.56 Å². The molecule has 2 aromatic heterocycles. The van der Waals surface area contributed by atoms with E-state index >= 15 is 0 Å². The smallest absolute Gasteiger partial charge is 0.250 e. The second kappa shape index (κ2) is 6.14. The summed E-state index contributed by atoms with van der Waals surface area (Å²) in [6.45, 7) is 0.800. The van der Waals surface area contributed by atoms with Crippen molar-refractivity contribution >= 4 is 21.4 Å². The second-order valence-electron chi connectivity index (χ2n) is 3.92. The quantitative estimate of drug-likeness (QED) is 0.817. The molecule has 0 amide bonds. The Kier molecular flexibility index (Phi) is 4.52. The highest BCUT2D eigenvalue weighted by Gasteiger charge is 2.13. The van der Waals surface area contributed by atoms with Gasteiger partial charge in [-0.05, 0) is 23.9 Å². The number of hydrogen-bond donors (Lipinski definition) is 1. The maximum atomic E-state index is 11.8. The Morgan fingerprint density at radius 2 is 2.05 bits per heavy atom. The highest BCUT2D eigenvalue weighted by Crippen LogP contribution is 2.14. The molecule has 5 nitrogen and oxygen atoms in total. The highest BCUT2D eigenvalue weighted by molar-refractivity contribution is 7.91. The molecule has 0 fully saturated rings. The van der Waals surface area contributed by atoms with E-state index in [9.17, 15) is 13.2 Å². The van der Waals surface area contributed by atoms with Gasteiger partial charge in [-0.25, -0.2) is 13.1 Å². The molecule has 0 aromatic carbocycles. The van der Waals surface area contributed by atoms with E-state index in [4.69, 9.17) is 0 Å². The summed E-state index contributed by atoms with van der Waals surface area (Å²) in [7, 11) is -3.40. The molecule has 0 aliphatic carbocycles. The zero-order valence-electron chi connectivity index (χ0n) is 10.2. The van der Waals surface area contributed by atoms with Crippen molar-refractivity contribution in [1.82, 2.24) is 9.29 Å². The third-order valence-electron chi connectivity index (χ3n) is 2.53. The van der Waals surface area contributed by atoms with Crippen molar-refractivity contribution in [3.8, 4) is 0 Å². The minimum absolute atomic E-state index is 0.0800. The van der Waals surface area contributed by atoms with Gasteiger partial charge in [-0.2, -0.15) is 0 Å². The third kappa shape index (κ3) is 3.76. The number of hydrogen-bond acceptors (Lipinski definition) is 4. The Morgan fingerprint density at radius 3 is 2.74 bits per heavy atom. The molecule has 0 unspecified atom stereocenters. The van der Waals surface area contributed by atoms with E-state index in [0.29, 0.717) is 23.7 Å². The lowest BCUT2D eigenvalue weighted by Crippen LogP contribution is -2.26. The standard InChI is InChI=1S/C12H14N2O3S2/c15-11-5-1-2-8-14(11)9-4-7-13-19(16,17)12-6-3-10-18-12/h1-3,5-6,8,10,13H,4,7,9H2. The Labute approximate surface area is 115 Å². The molecule has 0 atom stereocenters. The Balaban J connectivity index is 1.85. The molecule has 2 heterocycles. The third-order valence-corrected chi connectivity index (χ3v) is 5.39. The van der Waals surface area contributed by atoms with E-state index in [0.717, 1.165) is 0 Å². The molecule has 2 rings (SSSR count). The summed E-state index contributed by atoms with van der Waals surface area (Å²) >= 11 is 1.18. The van der Waals surface area contributed by atoms with Crippen LogP contribution < -0.4 is 10.3 Å². The van der Waals surface area contributed by atoms with Crippen molar-refractivity contribution in [2.24, 2.45) is 0 Å². The molecule has 0 saturated heterocycles. The summed E-state index contributed by atoms with van der Waals surface area (Å²) in [5.74, 6) is 0. The van der Waals surface area contributed by atoms with Gasteiger partial charge in [-0.1, -0.05) is 12.1 Å². The number of sulfonamides is 1. The van der Waals surface area contributed by atoms with Gasteiger partial charge < -0.3 is 4.57 Å². The second-order valence-corrected chi connectivity index (χ2v) is 6.86. The van der Waals surface area contributed by atoms with Crippen molar-refractivity contribution in [2.75, 3.05) is 6.54 Å². The van der Waals surface area contributed by atoms with Crippen LogP contribution >= 0.6 is 11.3 Å². The number of nitrogens with zero attached hydrogens (tertiary/aromatic N) is 1. The van der Waals surface area contributed by atoms with Crippen molar-refractivity contribution < 1.29 is 8.42 Å². The molecule has 0 aliphatic heterocycles. The summed E-state index contributed by atoms with van der Waals surface area (Å²) in [4.78, 5) is 11.4. The Hall–Kier alpha value is -1.44. The number of rotatable bonds is 6. The lowest BCUT2D eigenvalue weighted by Gasteiger charge is -2.06. The monoisotopic (exact) mass is 298 g/mol. The van der Waals surface area contributed by atoms with Crippen LogP contribution in [0.4, 0.5) is 0 Å². The normalized spacial score (nSPS) is 11.6. The first-order valence-electron chi connectivity index (χ1n) is 5.78. The molecule has 7 heteroatoms. The zero-order valence-corrected chi connectivity index (χ0v) is 11.8.